The van der Waals surface area contributed by atoms with Gasteiger partial charge < -0.3 is 5.11 Å². The molecule has 18 heavy (non-hydrogen) atoms. The molecule has 0 atom stereocenters. The number of rotatable bonds is 2. The fraction of sp³-hybridized carbons (Fsp3) is 0.0714. The van der Waals surface area contributed by atoms with Crippen LogP contribution in [0.1, 0.15) is 0 Å². The van der Waals surface area contributed by atoms with Crippen molar-refractivity contribution in [1.29, 1.82) is 0 Å². The minimum atomic E-state index is -0.996. The molecule has 0 saturated carbocycles. The standard InChI is InChI=1S/C14H12ClNO2/c1-16(14(17)18)13-8-3-2-7-12(13)10-5-4-6-11(15)9-10/h2-9H,1H3,(H,17,18). The third kappa shape index (κ3) is 2.46. The van der Waals surface area contributed by atoms with Crippen LogP contribution in [-0.4, -0.2) is 18.2 Å². The van der Waals surface area contributed by atoms with Crippen molar-refractivity contribution in [3.05, 3.63) is 53.6 Å². The summed E-state index contributed by atoms with van der Waals surface area (Å²) in [6.45, 7) is 0. The van der Waals surface area contributed by atoms with Gasteiger partial charge in [0.25, 0.3) is 0 Å². The molecule has 0 unspecified atom stereocenters. The Hall–Kier alpha value is -2.00. The maximum atomic E-state index is 11.1. The van der Waals surface area contributed by atoms with Gasteiger partial charge in [0.2, 0.25) is 0 Å². The summed E-state index contributed by atoms with van der Waals surface area (Å²) in [7, 11) is 1.52. The van der Waals surface area contributed by atoms with E-state index in [2.05, 4.69) is 0 Å². The zero-order valence-corrected chi connectivity index (χ0v) is 10.6. The Kier molecular flexibility index (Phi) is 3.53. The lowest BCUT2D eigenvalue weighted by Crippen LogP contribution is -2.24. The van der Waals surface area contributed by atoms with Crippen LogP contribution >= 0.6 is 11.6 Å². The minimum Gasteiger partial charge on any atom is -0.465 e. The van der Waals surface area contributed by atoms with Crippen molar-refractivity contribution in [2.24, 2.45) is 0 Å². The zero-order chi connectivity index (χ0) is 13.1. The lowest BCUT2D eigenvalue weighted by molar-refractivity contribution is 0.203. The van der Waals surface area contributed by atoms with Gasteiger partial charge in [0.15, 0.2) is 0 Å². The molecule has 0 spiro atoms. The van der Waals surface area contributed by atoms with Crippen molar-refractivity contribution in [3.8, 4) is 11.1 Å². The van der Waals surface area contributed by atoms with Crippen LogP contribution in [0.25, 0.3) is 11.1 Å². The molecule has 1 N–H and O–H groups in total. The summed E-state index contributed by atoms with van der Waals surface area (Å²) in [6, 6.07) is 14.7. The van der Waals surface area contributed by atoms with Gasteiger partial charge in [-0.3, -0.25) is 4.90 Å². The van der Waals surface area contributed by atoms with E-state index in [1.807, 2.05) is 36.4 Å². The average Bonchev–Trinajstić information content (AvgIpc) is 2.38. The van der Waals surface area contributed by atoms with Crippen molar-refractivity contribution in [1.82, 2.24) is 0 Å². The van der Waals surface area contributed by atoms with Gasteiger partial charge in [-0.05, 0) is 23.8 Å². The number of carbonyl (C=O) groups is 1. The third-order valence-electron chi connectivity index (χ3n) is 2.69. The average molecular weight is 262 g/mol. The highest BCUT2D eigenvalue weighted by Gasteiger charge is 2.13. The molecule has 0 saturated heterocycles. The molecule has 0 heterocycles. The molecule has 0 fully saturated rings. The van der Waals surface area contributed by atoms with Crippen LogP contribution in [0.4, 0.5) is 10.5 Å². The second kappa shape index (κ2) is 5.10. The molecule has 1 amide bonds. The van der Waals surface area contributed by atoms with Gasteiger partial charge in [-0.25, -0.2) is 4.79 Å². The van der Waals surface area contributed by atoms with Crippen LogP contribution in [0.3, 0.4) is 0 Å². The monoisotopic (exact) mass is 261 g/mol. The summed E-state index contributed by atoms with van der Waals surface area (Å²) in [4.78, 5) is 12.2. The van der Waals surface area contributed by atoms with E-state index < -0.39 is 6.09 Å². The van der Waals surface area contributed by atoms with E-state index in [9.17, 15) is 4.79 Å². The second-order valence-corrected chi connectivity index (χ2v) is 4.31. The van der Waals surface area contributed by atoms with E-state index in [4.69, 9.17) is 16.7 Å². The van der Waals surface area contributed by atoms with Crippen LogP contribution in [0.15, 0.2) is 48.5 Å². The smallest absolute Gasteiger partial charge is 0.411 e. The Morgan fingerprint density at radius 2 is 1.89 bits per heavy atom. The number of amides is 1. The number of hydrogen-bond donors (Lipinski definition) is 1. The predicted molar refractivity (Wildman–Crippen MR) is 73.3 cm³/mol. The van der Waals surface area contributed by atoms with Gasteiger partial charge in [0.1, 0.15) is 0 Å². The molecule has 4 heteroatoms. The number of anilines is 1. The summed E-state index contributed by atoms with van der Waals surface area (Å²) in [6.07, 6.45) is -0.996. The number of nitrogens with zero attached hydrogens (tertiary/aromatic N) is 1. The third-order valence-corrected chi connectivity index (χ3v) is 2.92. The fourth-order valence-corrected chi connectivity index (χ4v) is 1.96. The molecule has 2 aromatic rings. The zero-order valence-electron chi connectivity index (χ0n) is 9.80. The Labute approximate surface area is 110 Å². The second-order valence-electron chi connectivity index (χ2n) is 3.87. The summed E-state index contributed by atoms with van der Waals surface area (Å²) in [5, 5.41) is 9.69. The largest absolute Gasteiger partial charge is 0.465 e. The van der Waals surface area contributed by atoms with Gasteiger partial charge in [0.05, 0.1) is 5.69 Å². The maximum absolute atomic E-state index is 11.1. The quantitative estimate of drug-likeness (QED) is 0.883. The minimum absolute atomic E-state index is 0.625. The van der Waals surface area contributed by atoms with E-state index in [0.717, 1.165) is 11.1 Å². The van der Waals surface area contributed by atoms with Gasteiger partial charge in [-0.15, -0.1) is 0 Å². The molecule has 2 aromatic carbocycles. The Morgan fingerprint density at radius 1 is 1.17 bits per heavy atom. The molecule has 2 rings (SSSR count). The first-order valence-electron chi connectivity index (χ1n) is 5.41. The van der Waals surface area contributed by atoms with E-state index in [1.165, 1.54) is 11.9 Å². The van der Waals surface area contributed by atoms with Crippen LogP contribution in [0.5, 0.6) is 0 Å². The molecular weight excluding hydrogens is 250 g/mol. The first-order chi connectivity index (χ1) is 8.59. The molecule has 0 aliphatic carbocycles. The highest BCUT2D eigenvalue weighted by atomic mass is 35.5. The van der Waals surface area contributed by atoms with Crippen LogP contribution in [0, 0.1) is 0 Å². The molecule has 0 aliphatic rings. The SMILES string of the molecule is CN(C(=O)O)c1ccccc1-c1cccc(Cl)c1. The summed E-state index contributed by atoms with van der Waals surface area (Å²) < 4.78 is 0. The van der Waals surface area contributed by atoms with Gasteiger partial charge >= 0.3 is 6.09 Å². The first kappa shape index (κ1) is 12.5. The summed E-state index contributed by atoms with van der Waals surface area (Å²) >= 11 is 5.96. The van der Waals surface area contributed by atoms with Gasteiger partial charge in [-0.2, -0.15) is 0 Å². The van der Waals surface area contributed by atoms with Crippen molar-refractivity contribution in [3.63, 3.8) is 0 Å². The Morgan fingerprint density at radius 3 is 2.56 bits per heavy atom. The predicted octanol–water partition coefficient (Wildman–Crippen LogP) is 4.12. The maximum Gasteiger partial charge on any atom is 0.411 e. The summed E-state index contributed by atoms with van der Waals surface area (Å²) in [5.74, 6) is 0. The highest BCUT2D eigenvalue weighted by molar-refractivity contribution is 6.30. The summed E-state index contributed by atoms with van der Waals surface area (Å²) in [5.41, 5.74) is 2.36. The van der Waals surface area contributed by atoms with Crippen molar-refractivity contribution >= 4 is 23.4 Å². The van der Waals surface area contributed by atoms with E-state index >= 15 is 0 Å². The fourth-order valence-electron chi connectivity index (χ4n) is 1.77. The van der Waals surface area contributed by atoms with E-state index in [1.54, 1.807) is 12.1 Å². The van der Waals surface area contributed by atoms with Gasteiger partial charge in [0, 0.05) is 17.6 Å². The number of halogens is 1. The first-order valence-corrected chi connectivity index (χ1v) is 5.79. The molecule has 0 radical (unpaired) electrons. The van der Waals surface area contributed by atoms with Crippen molar-refractivity contribution in [2.45, 2.75) is 0 Å². The number of benzene rings is 2. The molecule has 92 valence electrons. The van der Waals surface area contributed by atoms with Gasteiger partial charge in [-0.1, -0.05) is 41.9 Å². The Bertz CT molecular complexity index is 584. The van der Waals surface area contributed by atoms with Crippen LogP contribution < -0.4 is 4.90 Å². The normalized spacial score (nSPS) is 10.1. The van der Waals surface area contributed by atoms with Crippen molar-refractivity contribution in [2.75, 3.05) is 11.9 Å². The lowest BCUT2D eigenvalue weighted by Gasteiger charge is -2.17. The van der Waals surface area contributed by atoms with Crippen LogP contribution in [-0.2, 0) is 0 Å². The molecule has 0 aliphatic heterocycles. The number of para-hydroxylation sites is 1. The van der Waals surface area contributed by atoms with E-state index in [-0.39, 0.29) is 0 Å². The van der Waals surface area contributed by atoms with Crippen molar-refractivity contribution < 1.29 is 9.90 Å². The van der Waals surface area contributed by atoms with E-state index in [0.29, 0.717) is 10.7 Å². The molecule has 0 bridgehead atoms. The lowest BCUT2D eigenvalue weighted by atomic mass is 10.0. The topological polar surface area (TPSA) is 40.5 Å². The molecule has 3 nitrogen and oxygen atoms in total. The Balaban J connectivity index is 2.55. The van der Waals surface area contributed by atoms with Crippen LogP contribution in [0.2, 0.25) is 5.02 Å². The number of carboxylic acid groups (broad SMARTS) is 1. The molecule has 0 aromatic heterocycles. The number of hydrogen-bond acceptors (Lipinski definition) is 1. The molecular formula is C14H12ClNO2. The highest BCUT2D eigenvalue weighted by Crippen LogP contribution is 2.31.